The molecule has 106 valence electrons. The number of aromatic carboxylic acids is 2. The summed E-state index contributed by atoms with van der Waals surface area (Å²) in [6.07, 6.45) is 0. The van der Waals surface area contributed by atoms with Gasteiger partial charge in [-0.15, -0.1) is 22.7 Å². The van der Waals surface area contributed by atoms with Gasteiger partial charge in [-0.1, -0.05) is 0 Å². The third-order valence-electron chi connectivity index (χ3n) is 2.66. The molecule has 2 rings (SSSR count). The van der Waals surface area contributed by atoms with Crippen LogP contribution >= 0.6 is 54.5 Å². The lowest BCUT2D eigenvalue weighted by molar-refractivity contribution is 0.0689. The molecule has 0 spiro atoms. The van der Waals surface area contributed by atoms with Gasteiger partial charge in [0.1, 0.15) is 9.75 Å². The van der Waals surface area contributed by atoms with Crippen LogP contribution in [-0.2, 0) is 0 Å². The summed E-state index contributed by atoms with van der Waals surface area (Å²) in [6.45, 7) is 3.58. The van der Waals surface area contributed by atoms with Crippen molar-refractivity contribution in [2.24, 2.45) is 0 Å². The van der Waals surface area contributed by atoms with E-state index in [4.69, 9.17) is 0 Å². The van der Waals surface area contributed by atoms with E-state index in [2.05, 4.69) is 31.9 Å². The van der Waals surface area contributed by atoms with E-state index in [9.17, 15) is 19.8 Å². The van der Waals surface area contributed by atoms with Crippen molar-refractivity contribution in [1.29, 1.82) is 0 Å². The molecule has 0 aliphatic rings. The SMILES string of the molecule is Cc1sc(C(=O)O)c(-c2c(C(=O)O)sc(C)c2Br)c1Br. The molecule has 0 unspecified atom stereocenters. The zero-order valence-corrected chi connectivity index (χ0v) is 15.1. The zero-order chi connectivity index (χ0) is 15.2. The van der Waals surface area contributed by atoms with Crippen LogP contribution in [0.25, 0.3) is 11.1 Å². The van der Waals surface area contributed by atoms with Crippen LogP contribution in [-0.4, -0.2) is 22.2 Å². The predicted molar refractivity (Wildman–Crippen MR) is 86.4 cm³/mol. The summed E-state index contributed by atoms with van der Waals surface area (Å²) in [4.78, 5) is 24.6. The van der Waals surface area contributed by atoms with Crippen molar-refractivity contribution in [1.82, 2.24) is 0 Å². The second kappa shape index (κ2) is 5.59. The Kier molecular flexibility index (Phi) is 4.38. The molecule has 20 heavy (non-hydrogen) atoms. The predicted octanol–water partition coefficient (Wildman–Crippen LogP) is 5.01. The average Bonchev–Trinajstić information content (AvgIpc) is 2.80. The van der Waals surface area contributed by atoms with Gasteiger partial charge in [0.25, 0.3) is 0 Å². The molecule has 2 aromatic heterocycles. The van der Waals surface area contributed by atoms with Crippen molar-refractivity contribution in [3.05, 3.63) is 28.5 Å². The molecule has 0 fully saturated rings. The fourth-order valence-corrected chi connectivity index (χ4v) is 5.12. The number of carboxylic acid groups (broad SMARTS) is 2. The van der Waals surface area contributed by atoms with Gasteiger partial charge >= 0.3 is 11.9 Å². The average molecular weight is 440 g/mol. The number of hydrogen-bond donors (Lipinski definition) is 2. The smallest absolute Gasteiger partial charge is 0.346 e. The van der Waals surface area contributed by atoms with Gasteiger partial charge < -0.3 is 10.2 Å². The minimum absolute atomic E-state index is 0.135. The van der Waals surface area contributed by atoms with E-state index in [0.717, 1.165) is 32.4 Å². The number of thiophene rings is 2. The monoisotopic (exact) mass is 438 g/mol. The third-order valence-corrected chi connectivity index (χ3v) is 7.35. The van der Waals surface area contributed by atoms with Gasteiger partial charge in [0.05, 0.1) is 0 Å². The molecule has 0 bridgehead atoms. The highest BCUT2D eigenvalue weighted by Crippen LogP contribution is 2.47. The molecular formula is C12H8Br2O4S2. The fourth-order valence-electron chi connectivity index (χ4n) is 1.80. The quantitative estimate of drug-likeness (QED) is 0.704. The maximum Gasteiger partial charge on any atom is 0.346 e. The molecule has 0 saturated heterocycles. The van der Waals surface area contributed by atoms with Crippen LogP contribution in [0.15, 0.2) is 8.95 Å². The van der Waals surface area contributed by atoms with Crippen molar-refractivity contribution in [3.63, 3.8) is 0 Å². The number of carbonyl (C=O) groups is 2. The molecule has 0 saturated carbocycles. The van der Waals surface area contributed by atoms with Crippen LogP contribution in [0, 0.1) is 13.8 Å². The van der Waals surface area contributed by atoms with Crippen molar-refractivity contribution in [2.75, 3.05) is 0 Å². The molecule has 0 amide bonds. The first-order valence-corrected chi connectivity index (χ1v) is 8.52. The molecule has 0 aliphatic carbocycles. The Bertz CT molecular complexity index is 668. The van der Waals surface area contributed by atoms with E-state index in [1.165, 1.54) is 0 Å². The fraction of sp³-hybridized carbons (Fsp3) is 0.167. The molecule has 2 N–H and O–H groups in total. The first-order valence-electron chi connectivity index (χ1n) is 5.30. The second-order valence-corrected chi connectivity index (χ2v) is 8.00. The molecule has 4 nitrogen and oxygen atoms in total. The highest BCUT2D eigenvalue weighted by Gasteiger charge is 2.28. The first-order chi connectivity index (χ1) is 9.25. The Morgan fingerprint density at radius 2 is 1.15 bits per heavy atom. The minimum atomic E-state index is -1.06. The van der Waals surface area contributed by atoms with Crippen LogP contribution in [0.2, 0.25) is 0 Å². The van der Waals surface area contributed by atoms with E-state index in [1.54, 1.807) is 13.8 Å². The zero-order valence-electron chi connectivity index (χ0n) is 10.3. The lowest BCUT2D eigenvalue weighted by Crippen LogP contribution is -1.99. The Hall–Kier alpha value is -0.700. The summed E-state index contributed by atoms with van der Waals surface area (Å²) in [5.41, 5.74) is 0.849. The molecule has 2 aromatic rings. The van der Waals surface area contributed by atoms with Crippen LogP contribution in [0.3, 0.4) is 0 Å². The topological polar surface area (TPSA) is 74.6 Å². The van der Waals surface area contributed by atoms with Gasteiger partial charge in [-0.25, -0.2) is 9.59 Å². The summed E-state index contributed by atoms with van der Waals surface area (Å²) in [5.74, 6) is -2.13. The molecule has 8 heteroatoms. The number of carboxylic acids is 2. The lowest BCUT2D eigenvalue weighted by Gasteiger charge is -2.03. The van der Waals surface area contributed by atoms with Crippen LogP contribution < -0.4 is 0 Å². The summed E-state index contributed by atoms with van der Waals surface area (Å²) in [6, 6.07) is 0. The van der Waals surface area contributed by atoms with Crippen molar-refractivity contribution < 1.29 is 19.8 Å². The van der Waals surface area contributed by atoms with E-state index in [1.807, 2.05) is 0 Å². The Labute approximate surface area is 139 Å². The van der Waals surface area contributed by atoms with E-state index >= 15 is 0 Å². The number of halogens is 2. The van der Waals surface area contributed by atoms with E-state index in [0.29, 0.717) is 20.1 Å². The molecular weight excluding hydrogens is 432 g/mol. The van der Waals surface area contributed by atoms with Crippen LogP contribution in [0.5, 0.6) is 0 Å². The minimum Gasteiger partial charge on any atom is -0.477 e. The van der Waals surface area contributed by atoms with Crippen molar-refractivity contribution in [2.45, 2.75) is 13.8 Å². The Morgan fingerprint density at radius 1 is 0.850 bits per heavy atom. The van der Waals surface area contributed by atoms with Gasteiger partial charge in [-0.2, -0.15) is 0 Å². The maximum absolute atomic E-state index is 11.4. The summed E-state index contributed by atoms with van der Waals surface area (Å²) in [7, 11) is 0. The van der Waals surface area contributed by atoms with Crippen LogP contribution in [0.4, 0.5) is 0 Å². The lowest BCUT2D eigenvalue weighted by atomic mass is 10.1. The standard InChI is InChI=1S/C12H8Br2O4S2/c1-3-7(13)5(9(19-3)11(15)16)6-8(14)4(2)20-10(6)12(17)18/h1-2H3,(H,15,16)(H,17,18). The molecule has 2 heterocycles. The number of aryl methyl sites for hydroxylation is 2. The third kappa shape index (κ3) is 2.45. The van der Waals surface area contributed by atoms with Gasteiger partial charge in [0, 0.05) is 29.8 Å². The highest BCUT2D eigenvalue weighted by atomic mass is 79.9. The Morgan fingerprint density at radius 3 is 1.40 bits per heavy atom. The number of hydrogen-bond acceptors (Lipinski definition) is 4. The van der Waals surface area contributed by atoms with E-state index in [-0.39, 0.29) is 9.75 Å². The van der Waals surface area contributed by atoms with E-state index < -0.39 is 11.9 Å². The summed E-state index contributed by atoms with van der Waals surface area (Å²) >= 11 is 8.99. The first kappa shape index (κ1) is 15.7. The normalized spacial score (nSPS) is 10.8. The molecule has 0 aliphatic heterocycles. The molecule has 0 radical (unpaired) electrons. The Balaban J connectivity index is 2.88. The van der Waals surface area contributed by atoms with Gasteiger partial charge in [-0.05, 0) is 45.7 Å². The van der Waals surface area contributed by atoms with Gasteiger partial charge in [-0.3, -0.25) is 0 Å². The van der Waals surface area contributed by atoms with Gasteiger partial charge in [0.2, 0.25) is 0 Å². The van der Waals surface area contributed by atoms with Crippen molar-refractivity contribution >= 4 is 66.5 Å². The molecule has 0 aromatic carbocycles. The highest BCUT2D eigenvalue weighted by molar-refractivity contribution is 9.11. The maximum atomic E-state index is 11.4. The second-order valence-electron chi connectivity index (χ2n) is 3.96. The summed E-state index contributed by atoms with van der Waals surface area (Å²) < 4.78 is 1.25. The summed E-state index contributed by atoms with van der Waals surface area (Å²) in [5, 5.41) is 18.6. The molecule has 0 atom stereocenters. The van der Waals surface area contributed by atoms with Crippen LogP contribution in [0.1, 0.15) is 29.1 Å². The van der Waals surface area contributed by atoms with Gasteiger partial charge in [0.15, 0.2) is 0 Å². The largest absolute Gasteiger partial charge is 0.477 e. The van der Waals surface area contributed by atoms with Crippen molar-refractivity contribution in [3.8, 4) is 11.1 Å². The number of rotatable bonds is 3.